The first-order chi connectivity index (χ1) is 10.2. The molecule has 0 saturated carbocycles. The van der Waals surface area contributed by atoms with Crippen molar-refractivity contribution in [1.29, 1.82) is 0 Å². The molecule has 0 amide bonds. The molecule has 0 fully saturated rings. The van der Waals surface area contributed by atoms with E-state index in [2.05, 4.69) is 6.58 Å². The van der Waals surface area contributed by atoms with E-state index in [1.54, 1.807) is 13.2 Å². The number of fused-ring (bicyclic) bond motifs is 3. The summed E-state index contributed by atoms with van der Waals surface area (Å²) in [4.78, 5) is 25.2. The minimum absolute atomic E-state index is 0.0116. The summed E-state index contributed by atoms with van der Waals surface area (Å²) in [6, 6.07) is 5.67. The Balaban J connectivity index is 2.34. The van der Waals surface area contributed by atoms with Crippen LogP contribution < -0.4 is 4.74 Å². The predicted molar refractivity (Wildman–Crippen MR) is 85.8 cm³/mol. The maximum atomic E-state index is 12.9. The molecule has 1 aromatic rings. The van der Waals surface area contributed by atoms with Crippen molar-refractivity contribution in [2.24, 2.45) is 11.3 Å². The van der Waals surface area contributed by atoms with Crippen LogP contribution >= 0.6 is 0 Å². The number of carbonyl (C=O) groups is 2. The number of hydrogen-bond donors (Lipinski definition) is 0. The third kappa shape index (κ3) is 1.68. The van der Waals surface area contributed by atoms with Crippen LogP contribution in [0.5, 0.6) is 5.75 Å². The highest BCUT2D eigenvalue weighted by molar-refractivity contribution is 6.25. The number of ether oxygens (including phenoxy) is 1. The molecule has 0 radical (unpaired) electrons. The van der Waals surface area contributed by atoms with Crippen LogP contribution in [-0.4, -0.2) is 18.7 Å². The number of rotatable bonds is 1. The largest absolute Gasteiger partial charge is 0.497 e. The summed E-state index contributed by atoms with van der Waals surface area (Å²) in [7, 11) is 1.62. The fourth-order valence-electron chi connectivity index (χ4n) is 3.96. The zero-order valence-electron chi connectivity index (χ0n) is 13.4. The molecule has 114 valence electrons. The van der Waals surface area contributed by atoms with E-state index < -0.39 is 16.7 Å². The summed E-state index contributed by atoms with van der Waals surface area (Å²) in [6.07, 6.45) is 3.48. The first-order valence-corrected chi connectivity index (χ1v) is 7.39. The predicted octanol–water partition coefficient (Wildman–Crippen LogP) is 3.33. The molecular formula is C19H20O3. The second-order valence-corrected chi connectivity index (χ2v) is 6.89. The monoisotopic (exact) mass is 296 g/mol. The maximum Gasteiger partial charge on any atom is 0.168 e. The molecule has 0 heterocycles. The third-order valence-corrected chi connectivity index (χ3v) is 5.23. The molecule has 2 aliphatic carbocycles. The molecule has 0 bridgehead atoms. The van der Waals surface area contributed by atoms with E-state index in [9.17, 15) is 9.59 Å². The van der Waals surface area contributed by atoms with E-state index in [0.29, 0.717) is 5.57 Å². The molecule has 22 heavy (non-hydrogen) atoms. The molecule has 3 heteroatoms. The average Bonchev–Trinajstić information content (AvgIpc) is 2.48. The van der Waals surface area contributed by atoms with E-state index in [0.717, 1.165) is 16.9 Å². The van der Waals surface area contributed by atoms with Gasteiger partial charge in [-0.25, -0.2) is 0 Å². The number of methoxy groups -OCH3 is 1. The zero-order chi connectivity index (χ0) is 16.3. The van der Waals surface area contributed by atoms with E-state index in [1.807, 2.05) is 45.0 Å². The molecule has 3 nitrogen and oxygen atoms in total. The van der Waals surface area contributed by atoms with Crippen LogP contribution in [0.4, 0.5) is 0 Å². The Hall–Kier alpha value is -2.16. The van der Waals surface area contributed by atoms with Gasteiger partial charge < -0.3 is 4.74 Å². The van der Waals surface area contributed by atoms with E-state index >= 15 is 0 Å². The van der Waals surface area contributed by atoms with Crippen LogP contribution in [0.2, 0.25) is 0 Å². The number of carbonyl (C=O) groups excluding carboxylic acids is 2. The quantitative estimate of drug-likeness (QED) is 0.747. The molecule has 2 atom stereocenters. The first kappa shape index (κ1) is 14.8. The normalized spacial score (nSPS) is 29.1. The Morgan fingerprint density at radius 1 is 1.18 bits per heavy atom. The second-order valence-electron chi connectivity index (χ2n) is 6.89. The van der Waals surface area contributed by atoms with Gasteiger partial charge in [-0.3, -0.25) is 9.59 Å². The van der Waals surface area contributed by atoms with Gasteiger partial charge in [0.1, 0.15) is 5.75 Å². The molecule has 1 aromatic carbocycles. The topological polar surface area (TPSA) is 43.4 Å². The fourth-order valence-corrected chi connectivity index (χ4v) is 3.96. The van der Waals surface area contributed by atoms with Crippen molar-refractivity contribution in [3.63, 3.8) is 0 Å². The Kier molecular flexibility index (Phi) is 2.96. The maximum absolute atomic E-state index is 12.9. The fraction of sp³-hybridized carbons (Fsp3) is 0.368. The van der Waals surface area contributed by atoms with Crippen LogP contribution in [0.25, 0.3) is 5.57 Å². The van der Waals surface area contributed by atoms with Crippen LogP contribution in [-0.2, 0) is 15.0 Å². The van der Waals surface area contributed by atoms with E-state index in [4.69, 9.17) is 4.74 Å². The van der Waals surface area contributed by atoms with Crippen molar-refractivity contribution in [2.75, 3.05) is 7.11 Å². The van der Waals surface area contributed by atoms with Crippen molar-refractivity contribution in [2.45, 2.75) is 26.2 Å². The van der Waals surface area contributed by atoms with E-state index in [-0.39, 0.29) is 11.6 Å². The van der Waals surface area contributed by atoms with Gasteiger partial charge in [-0.2, -0.15) is 0 Å². The van der Waals surface area contributed by atoms with Gasteiger partial charge in [-0.05, 0) is 29.3 Å². The lowest BCUT2D eigenvalue weighted by Crippen LogP contribution is -2.53. The Morgan fingerprint density at radius 3 is 2.50 bits per heavy atom. The van der Waals surface area contributed by atoms with Crippen molar-refractivity contribution in [1.82, 2.24) is 0 Å². The molecule has 0 spiro atoms. The van der Waals surface area contributed by atoms with Gasteiger partial charge in [-0.1, -0.05) is 39.5 Å². The van der Waals surface area contributed by atoms with Crippen LogP contribution in [0.3, 0.4) is 0 Å². The molecular weight excluding hydrogens is 276 g/mol. The minimum Gasteiger partial charge on any atom is -0.497 e. The summed E-state index contributed by atoms with van der Waals surface area (Å²) in [5.41, 5.74) is 1.05. The van der Waals surface area contributed by atoms with Gasteiger partial charge in [0.25, 0.3) is 0 Å². The number of Topliss-reactive ketones (excluding diaryl/α,β-unsaturated/α-hetero) is 1. The SMILES string of the molecule is C=C1C(=O)C2C(C)(C)C(=O)C=CC2(C)c2cc(OC)ccc21. The van der Waals surface area contributed by atoms with Crippen molar-refractivity contribution in [3.8, 4) is 5.75 Å². The van der Waals surface area contributed by atoms with Gasteiger partial charge >= 0.3 is 0 Å². The van der Waals surface area contributed by atoms with Gasteiger partial charge in [0, 0.05) is 22.3 Å². The Morgan fingerprint density at radius 2 is 1.86 bits per heavy atom. The average molecular weight is 296 g/mol. The molecule has 2 aliphatic rings. The molecule has 0 N–H and O–H groups in total. The van der Waals surface area contributed by atoms with Crippen molar-refractivity contribution >= 4 is 17.1 Å². The summed E-state index contributed by atoms with van der Waals surface area (Å²) >= 11 is 0. The standard InChI is InChI=1S/C19H20O3/c1-11-13-7-6-12(22-5)10-14(13)19(4)9-8-15(20)18(2,3)17(19)16(11)21/h6-10,17H,1H2,2-5H3. The third-order valence-electron chi connectivity index (χ3n) is 5.23. The molecule has 0 aliphatic heterocycles. The summed E-state index contributed by atoms with van der Waals surface area (Å²) in [6.45, 7) is 9.69. The first-order valence-electron chi connectivity index (χ1n) is 7.39. The summed E-state index contributed by atoms with van der Waals surface area (Å²) in [5, 5.41) is 0. The van der Waals surface area contributed by atoms with Crippen LogP contribution in [0.15, 0.2) is 36.9 Å². The lowest BCUT2D eigenvalue weighted by atomic mass is 9.51. The smallest absolute Gasteiger partial charge is 0.168 e. The van der Waals surface area contributed by atoms with Gasteiger partial charge in [-0.15, -0.1) is 0 Å². The van der Waals surface area contributed by atoms with Crippen molar-refractivity contribution < 1.29 is 14.3 Å². The lowest BCUT2D eigenvalue weighted by Gasteiger charge is -2.49. The summed E-state index contributed by atoms with van der Waals surface area (Å²) in [5.74, 6) is 0.249. The Bertz CT molecular complexity index is 739. The van der Waals surface area contributed by atoms with Crippen LogP contribution in [0.1, 0.15) is 31.9 Å². The number of ketones is 2. The van der Waals surface area contributed by atoms with Gasteiger partial charge in [0.15, 0.2) is 11.6 Å². The minimum atomic E-state index is -0.746. The number of hydrogen-bond acceptors (Lipinski definition) is 3. The lowest BCUT2D eigenvalue weighted by molar-refractivity contribution is -0.135. The highest BCUT2D eigenvalue weighted by Gasteiger charge is 2.56. The van der Waals surface area contributed by atoms with Gasteiger partial charge in [0.2, 0.25) is 0 Å². The molecule has 3 rings (SSSR count). The Labute approximate surface area is 130 Å². The molecule has 0 saturated heterocycles. The number of allylic oxidation sites excluding steroid dienone is 3. The molecule has 2 unspecified atom stereocenters. The highest BCUT2D eigenvalue weighted by Crippen LogP contribution is 2.54. The van der Waals surface area contributed by atoms with E-state index in [1.165, 1.54) is 0 Å². The van der Waals surface area contributed by atoms with Crippen LogP contribution in [0, 0.1) is 11.3 Å². The summed E-state index contributed by atoms with van der Waals surface area (Å²) < 4.78 is 5.33. The highest BCUT2D eigenvalue weighted by atomic mass is 16.5. The van der Waals surface area contributed by atoms with Crippen molar-refractivity contribution in [3.05, 3.63) is 48.1 Å². The van der Waals surface area contributed by atoms with Gasteiger partial charge in [0.05, 0.1) is 7.11 Å². The molecule has 0 aromatic heterocycles. The number of benzene rings is 1. The zero-order valence-corrected chi connectivity index (χ0v) is 13.4. The second kappa shape index (κ2) is 4.42.